The predicted octanol–water partition coefficient (Wildman–Crippen LogP) is 1.94. The summed E-state index contributed by atoms with van der Waals surface area (Å²) < 4.78 is 0. The molecule has 0 unspecified atom stereocenters. The average molecular weight is 136 g/mol. The molecule has 54 valence electrons. The minimum absolute atomic E-state index is 0.524. The molecule has 0 aliphatic rings. The number of allylic oxidation sites excluding steroid dienone is 2. The smallest absolute Gasteiger partial charge is 0.123 e. The summed E-state index contributed by atoms with van der Waals surface area (Å²) in [5.41, 5.74) is 0. The molecule has 10 heavy (non-hydrogen) atoms. The molecule has 1 nitrogen and oxygen atoms in total. The third-order valence-electron chi connectivity index (χ3n) is 1.09. The van der Waals surface area contributed by atoms with Crippen molar-refractivity contribution in [1.82, 2.24) is 0 Å². The minimum Gasteiger partial charge on any atom is -0.303 e. The van der Waals surface area contributed by atoms with Gasteiger partial charge in [0.15, 0.2) is 0 Å². The number of hydrogen-bond donors (Lipinski definition) is 0. The van der Waals surface area contributed by atoms with Crippen molar-refractivity contribution in [3.63, 3.8) is 0 Å². The van der Waals surface area contributed by atoms with Crippen LogP contribution in [0.15, 0.2) is 12.2 Å². The van der Waals surface area contributed by atoms with E-state index in [0.717, 1.165) is 25.5 Å². The van der Waals surface area contributed by atoms with Crippen molar-refractivity contribution in [3.05, 3.63) is 12.2 Å². The van der Waals surface area contributed by atoms with Crippen LogP contribution in [-0.4, -0.2) is 6.29 Å². The van der Waals surface area contributed by atoms with E-state index in [1.54, 1.807) is 0 Å². The standard InChI is InChI=1S/C9H12O/c1-2-3-4-5-6-7-8-9-10/h1,6-7,9H,3-5,8H2/b7-6-. The first kappa shape index (κ1) is 8.97. The highest BCUT2D eigenvalue weighted by atomic mass is 16.1. The van der Waals surface area contributed by atoms with Crippen molar-refractivity contribution < 1.29 is 4.79 Å². The van der Waals surface area contributed by atoms with E-state index < -0.39 is 0 Å². The van der Waals surface area contributed by atoms with Gasteiger partial charge < -0.3 is 4.79 Å². The molecule has 0 heterocycles. The number of hydrogen-bond acceptors (Lipinski definition) is 1. The summed E-state index contributed by atoms with van der Waals surface area (Å²) in [5.74, 6) is 2.56. The quantitative estimate of drug-likeness (QED) is 0.244. The largest absolute Gasteiger partial charge is 0.303 e. The summed E-state index contributed by atoms with van der Waals surface area (Å²) in [6, 6.07) is 0. The SMILES string of the molecule is C#CCCC/C=C\CC=O. The highest BCUT2D eigenvalue weighted by Crippen LogP contribution is 1.94. The van der Waals surface area contributed by atoms with Crippen LogP contribution >= 0.6 is 0 Å². The number of rotatable bonds is 5. The monoisotopic (exact) mass is 136 g/mol. The second kappa shape index (κ2) is 7.97. The zero-order valence-electron chi connectivity index (χ0n) is 6.05. The molecule has 0 aliphatic carbocycles. The topological polar surface area (TPSA) is 17.1 Å². The van der Waals surface area contributed by atoms with Gasteiger partial charge in [0.25, 0.3) is 0 Å². The van der Waals surface area contributed by atoms with Crippen molar-refractivity contribution in [2.45, 2.75) is 25.7 Å². The lowest BCUT2D eigenvalue weighted by Crippen LogP contribution is -1.70. The van der Waals surface area contributed by atoms with Crippen molar-refractivity contribution in [1.29, 1.82) is 0 Å². The van der Waals surface area contributed by atoms with Gasteiger partial charge in [-0.2, -0.15) is 0 Å². The van der Waals surface area contributed by atoms with Gasteiger partial charge in [0.1, 0.15) is 6.29 Å². The maximum atomic E-state index is 9.81. The molecule has 0 amide bonds. The number of unbranched alkanes of at least 4 members (excludes halogenated alkanes) is 2. The van der Waals surface area contributed by atoms with Gasteiger partial charge in [-0.1, -0.05) is 12.2 Å². The summed E-state index contributed by atoms with van der Waals surface area (Å²) >= 11 is 0. The van der Waals surface area contributed by atoms with Gasteiger partial charge in [-0.15, -0.1) is 12.3 Å². The molecular weight excluding hydrogens is 124 g/mol. The van der Waals surface area contributed by atoms with Crippen LogP contribution in [0.1, 0.15) is 25.7 Å². The Morgan fingerprint density at radius 3 is 2.80 bits per heavy atom. The van der Waals surface area contributed by atoms with Crippen LogP contribution in [-0.2, 0) is 4.79 Å². The number of aldehydes is 1. The molecule has 0 rings (SSSR count). The van der Waals surface area contributed by atoms with E-state index in [1.807, 2.05) is 12.2 Å². The van der Waals surface area contributed by atoms with Crippen LogP contribution in [0.4, 0.5) is 0 Å². The Bertz CT molecular complexity index is 139. The lowest BCUT2D eigenvalue weighted by molar-refractivity contribution is -0.107. The van der Waals surface area contributed by atoms with Gasteiger partial charge in [0.2, 0.25) is 0 Å². The summed E-state index contributed by atoms with van der Waals surface area (Å²) in [6.45, 7) is 0. The summed E-state index contributed by atoms with van der Waals surface area (Å²) in [4.78, 5) is 9.81. The highest BCUT2D eigenvalue weighted by molar-refractivity contribution is 5.51. The average Bonchev–Trinajstić information content (AvgIpc) is 1.97. The molecule has 0 saturated carbocycles. The Morgan fingerprint density at radius 2 is 2.20 bits per heavy atom. The third kappa shape index (κ3) is 6.97. The van der Waals surface area contributed by atoms with Crippen LogP contribution in [0.2, 0.25) is 0 Å². The first-order valence-electron chi connectivity index (χ1n) is 3.44. The normalized spacial score (nSPS) is 9.50. The molecule has 0 saturated heterocycles. The molecule has 0 bridgehead atoms. The van der Waals surface area contributed by atoms with Crippen LogP contribution < -0.4 is 0 Å². The van der Waals surface area contributed by atoms with E-state index in [0.29, 0.717) is 6.42 Å². The Hall–Kier alpha value is -1.03. The molecule has 0 aliphatic heterocycles. The Kier molecular flexibility index (Phi) is 7.15. The fourth-order valence-corrected chi connectivity index (χ4v) is 0.592. The third-order valence-corrected chi connectivity index (χ3v) is 1.09. The van der Waals surface area contributed by atoms with Crippen LogP contribution in [0.3, 0.4) is 0 Å². The summed E-state index contributed by atoms with van der Waals surface area (Å²) in [5, 5.41) is 0. The lowest BCUT2D eigenvalue weighted by atomic mass is 10.2. The Balaban J connectivity index is 3.03. The zero-order chi connectivity index (χ0) is 7.66. The minimum atomic E-state index is 0.524. The van der Waals surface area contributed by atoms with E-state index in [-0.39, 0.29) is 0 Å². The number of carbonyl (C=O) groups is 1. The zero-order valence-corrected chi connectivity index (χ0v) is 6.05. The van der Waals surface area contributed by atoms with Crippen molar-refractivity contribution >= 4 is 6.29 Å². The second-order valence-corrected chi connectivity index (χ2v) is 1.97. The van der Waals surface area contributed by atoms with Gasteiger partial charge >= 0.3 is 0 Å². The first-order chi connectivity index (χ1) is 4.91. The van der Waals surface area contributed by atoms with E-state index in [4.69, 9.17) is 6.42 Å². The van der Waals surface area contributed by atoms with Crippen LogP contribution in [0.25, 0.3) is 0 Å². The van der Waals surface area contributed by atoms with Gasteiger partial charge in [0.05, 0.1) is 0 Å². The molecule has 0 atom stereocenters. The van der Waals surface area contributed by atoms with Gasteiger partial charge in [0, 0.05) is 12.8 Å². The molecule has 0 aromatic heterocycles. The molecular formula is C9H12O. The lowest BCUT2D eigenvalue weighted by Gasteiger charge is -1.85. The number of terminal acetylenes is 1. The van der Waals surface area contributed by atoms with Crippen molar-refractivity contribution in [3.8, 4) is 12.3 Å². The Labute approximate surface area is 62.1 Å². The van der Waals surface area contributed by atoms with Crippen molar-refractivity contribution in [2.24, 2.45) is 0 Å². The fraction of sp³-hybridized carbons (Fsp3) is 0.444. The molecule has 0 radical (unpaired) electrons. The number of carbonyl (C=O) groups excluding carboxylic acids is 1. The molecule has 0 spiro atoms. The maximum Gasteiger partial charge on any atom is 0.123 e. The first-order valence-corrected chi connectivity index (χ1v) is 3.44. The highest BCUT2D eigenvalue weighted by Gasteiger charge is 1.78. The predicted molar refractivity (Wildman–Crippen MR) is 42.5 cm³/mol. The van der Waals surface area contributed by atoms with E-state index >= 15 is 0 Å². The van der Waals surface area contributed by atoms with E-state index in [2.05, 4.69) is 5.92 Å². The van der Waals surface area contributed by atoms with Gasteiger partial charge in [-0.25, -0.2) is 0 Å². The fourth-order valence-electron chi connectivity index (χ4n) is 0.592. The van der Waals surface area contributed by atoms with Gasteiger partial charge in [-0.05, 0) is 12.8 Å². The molecule has 0 fully saturated rings. The molecule has 1 heteroatoms. The Morgan fingerprint density at radius 1 is 1.40 bits per heavy atom. The summed E-state index contributed by atoms with van der Waals surface area (Å²) in [7, 11) is 0. The van der Waals surface area contributed by atoms with Crippen molar-refractivity contribution in [2.75, 3.05) is 0 Å². The van der Waals surface area contributed by atoms with Gasteiger partial charge in [-0.3, -0.25) is 0 Å². The van der Waals surface area contributed by atoms with E-state index in [9.17, 15) is 4.79 Å². The van der Waals surface area contributed by atoms with Crippen LogP contribution in [0.5, 0.6) is 0 Å². The second-order valence-electron chi connectivity index (χ2n) is 1.97. The molecule has 0 aromatic rings. The molecule has 0 N–H and O–H groups in total. The molecule has 0 aromatic carbocycles. The summed E-state index contributed by atoms with van der Waals surface area (Å²) in [6.07, 6.45) is 13.1. The van der Waals surface area contributed by atoms with Crippen LogP contribution in [0, 0.1) is 12.3 Å². The van der Waals surface area contributed by atoms with E-state index in [1.165, 1.54) is 0 Å². The maximum absolute atomic E-state index is 9.81.